The zero-order valence-corrected chi connectivity index (χ0v) is 18.2. The summed E-state index contributed by atoms with van der Waals surface area (Å²) in [6.45, 7) is 0.368. The maximum absolute atomic E-state index is 12.2. The van der Waals surface area contributed by atoms with Gasteiger partial charge in [0.05, 0.1) is 25.6 Å². The maximum Gasteiger partial charge on any atom is 0.354 e. The standard InChI is InChI=1S/C22H24N6O5/c1-32-17-9-8-16(12-18(17)33-2)10-11-23-21-20(28(30)31)22(25-14-24-21)27-26-19(29)13-15-6-4-3-5-7-15/h3-9,12,14H,10-11,13H2,1-2H3,(H,26,29)(H2,23,24,25,27). The highest BCUT2D eigenvalue weighted by atomic mass is 16.6. The number of rotatable bonds is 11. The van der Waals surface area contributed by atoms with Crippen LogP contribution in [0.2, 0.25) is 0 Å². The summed E-state index contributed by atoms with van der Waals surface area (Å²) in [6.07, 6.45) is 1.85. The highest BCUT2D eigenvalue weighted by molar-refractivity contribution is 5.81. The van der Waals surface area contributed by atoms with E-state index in [1.807, 2.05) is 42.5 Å². The molecular formula is C22H24N6O5. The molecule has 3 rings (SSSR count). The van der Waals surface area contributed by atoms with E-state index in [1.165, 1.54) is 6.33 Å². The van der Waals surface area contributed by atoms with Crippen LogP contribution < -0.4 is 25.6 Å². The Morgan fingerprint density at radius 2 is 1.73 bits per heavy atom. The van der Waals surface area contributed by atoms with Gasteiger partial charge in [0.25, 0.3) is 0 Å². The fraction of sp³-hybridized carbons (Fsp3) is 0.227. The number of hydrazine groups is 1. The predicted octanol–water partition coefficient (Wildman–Crippen LogP) is 2.74. The van der Waals surface area contributed by atoms with Crippen LogP contribution >= 0.6 is 0 Å². The summed E-state index contributed by atoms with van der Waals surface area (Å²) < 4.78 is 10.5. The molecule has 3 N–H and O–H groups in total. The third kappa shape index (κ3) is 6.29. The van der Waals surface area contributed by atoms with Gasteiger partial charge in [-0.25, -0.2) is 9.97 Å². The Bertz CT molecular complexity index is 1110. The number of nitro groups is 1. The summed E-state index contributed by atoms with van der Waals surface area (Å²) >= 11 is 0. The van der Waals surface area contributed by atoms with Gasteiger partial charge >= 0.3 is 5.69 Å². The van der Waals surface area contributed by atoms with Gasteiger partial charge < -0.3 is 14.8 Å². The van der Waals surface area contributed by atoms with Crippen molar-refractivity contribution >= 4 is 23.2 Å². The normalized spacial score (nSPS) is 10.2. The Morgan fingerprint density at radius 1 is 1.00 bits per heavy atom. The SMILES string of the molecule is COc1ccc(CCNc2ncnc(NNC(=O)Cc3ccccc3)c2[N+](=O)[O-])cc1OC. The average molecular weight is 452 g/mol. The molecule has 33 heavy (non-hydrogen) atoms. The monoisotopic (exact) mass is 452 g/mol. The second-order valence-electron chi connectivity index (χ2n) is 6.88. The molecule has 1 aromatic heterocycles. The molecule has 0 bridgehead atoms. The first-order chi connectivity index (χ1) is 16.0. The minimum Gasteiger partial charge on any atom is -0.493 e. The molecule has 11 nitrogen and oxygen atoms in total. The van der Waals surface area contributed by atoms with Crippen LogP contribution in [-0.4, -0.2) is 41.6 Å². The first-order valence-electron chi connectivity index (χ1n) is 10.0. The van der Waals surface area contributed by atoms with Crippen LogP contribution in [0.15, 0.2) is 54.9 Å². The molecule has 0 aliphatic heterocycles. The fourth-order valence-electron chi connectivity index (χ4n) is 3.09. The molecule has 1 heterocycles. The lowest BCUT2D eigenvalue weighted by Gasteiger charge is -2.12. The van der Waals surface area contributed by atoms with E-state index < -0.39 is 4.92 Å². The number of hydrogen-bond donors (Lipinski definition) is 3. The van der Waals surface area contributed by atoms with Crippen molar-refractivity contribution in [2.45, 2.75) is 12.8 Å². The van der Waals surface area contributed by atoms with E-state index in [4.69, 9.17) is 9.47 Å². The van der Waals surface area contributed by atoms with Gasteiger partial charge in [0.2, 0.25) is 17.5 Å². The van der Waals surface area contributed by atoms with E-state index in [0.29, 0.717) is 24.5 Å². The van der Waals surface area contributed by atoms with E-state index in [1.54, 1.807) is 20.3 Å². The second-order valence-corrected chi connectivity index (χ2v) is 6.88. The molecule has 172 valence electrons. The number of anilines is 2. The topological polar surface area (TPSA) is 141 Å². The number of carbonyl (C=O) groups is 1. The summed E-state index contributed by atoms with van der Waals surface area (Å²) in [7, 11) is 3.11. The molecule has 2 aromatic carbocycles. The molecule has 0 unspecified atom stereocenters. The Balaban J connectivity index is 1.64. The Kier molecular flexibility index (Phi) is 7.95. The van der Waals surface area contributed by atoms with E-state index in [0.717, 1.165) is 11.1 Å². The zero-order chi connectivity index (χ0) is 23.6. The Morgan fingerprint density at radius 3 is 2.42 bits per heavy atom. The van der Waals surface area contributed by atoms with E-state index in [9.17, 15) is 14.9 Å². The lowest BCUT2D eigenvalue weighted by molar-refractivity contribution is -0.383. The first kappa shape index (κ1) is 23.3. The van der Waals surface area contributed by atoms with Crippen LogP contribution in [0.1, 0.15) is 11.1 Å². The predicted molar refractivity (Wildman–Crippen MR) is 122 cm³/mol. The van der Waals surface area contributed by atoms with E-state index in [2.05, 4.69) is 26.1 Å². The lowest BCUT2D eigenvalue weighted by Crippen LogP contribution is -2.31. The molecule has 0 saturated heterocycles. The molecular weight excluding hydrogens is 428 g/mol. The third-order valence-corrected chi connectivity index (χ3v) is 4.69. The average Bonchev–Trinajstić information content (AvgIpc) is 2.83. The number of aromatic nitrogens is 2. The molecule has 0 aliphatic rings. The van der Waals surface area contributed by atoms with Crippen molar-refractivity contribution in [2.75, 3.05) is 31.5 Å². The molecule has 3 aromatic rings. The number of carbonyl (C=O) groups excluding carboxylic acids is 1. The number of benzene rings is 2. The zero-order valence-electron chi connectivity index (χ0n) is 18.2. The van der Waals surface area contributed by atoms with Gasteiger partial charge in [-0.3, -0.25) is 25.8 Å². The molecule has 11 heteroatoms. The molecule has 0 saturated carbocycles. The summed E-state index contributed by atoms with van der Waals surface area (Å²) in [5, 5.41) is 14.6. The molecule has 0 atom stereocenters. The van der Waals surface area contributed by atoms with Gasteiger partial charge in [0.1, 0.15) is 6.33 Å². The van der Waals surface area contributed by atoms with Crippen molar-refractivity contribution in [2.24, 2.45) is 0 Å². The highest BCUT2D eigenvalue weighted by Crippen LogP contribution is 2.29. The van der Waals surface area contributed by atoms with E-state index in [-0.39, 0.29) is 29.7 Å². The van der Waals surface area contributed by atoms with Gasteiger partial charge in [-0.15, -0.1) is 0 Å². The number of hydrogen-bond acceptors (Lipinski definition) is 9. The number of nitrogens with zero attached hydrogens (tertiary/aromatic N) is 3. The van der Waals surface area contributed by atoms with Crippen LogP contribution in [0.5, 0.6) is 11.5 Å². The number of nitrogens with one attached hydrogen (secondary N) is 3. The lowest BCUT2D eigenvalue weighted by atomic mass is 10.1. The summed E-state index contributed by atoms with van der Waals surface area (Å²) in [5.41, 5.74) is 6.35. The fourth-order valence-corrected chi connectivity index (χ4v) is 3.09. The minimum absolute atomic E-state index is 0.0373. The summed E-state index contributed by atoms with van der Waals surface area (Å²) in [5.74, 6) is 0.767. The van der Waals surface area contributed by atoms with Crippen molar-refractivity contribution in [1.29, 1.82) is 0 Å². The van der Waals surface area contributed by atoms with Crippen LogP contribution in [0.4, 0.5) is 17.3 Å². The second kappa shape index (κ2) is 11.3. The molecule has 0 spiro atoms. The van der Waals surface area contributed by atoms with Gasteiger partial charge in [0.15, 0.2) is 11.5 Å². The van der Waals surface area contributed by atoms with Crippen molar-refractivity contribution < 1.29 is 19.2 Å². The summed E-state index contributed by atoms with van der Waals surface area (Å²) in [6, 6.07) is 14.6. The third-order valence-electron chi connectivity index (χ3n) is 4.69. The first-order valence-corrected chi connectivity index (χ1v) is 10.0. The van der Waals surface area contributed by atoms with Crippen molar-refractivity contribution in [3.8, 4) is 11.5 Å². The van der Waals surface area contributed by atoms with Crippen LogP contribution in [0, 0.1) is 10.1 Å². The number of amides is 1. The highest BCUT2D eigenvalue weighted by Gasteiger charge is 2.23. The van der Waals surface area contributed by atoms with Crippen LogP contribution in [0.25, 0.3) is 0 Å². The molecule has 0 radical (unpaired) electrons. The molecule has 1 amide bonds. The maximum atomic E-state index is 12.2. The smallest absolute Gasteiger partial charge is 0.354 e. The molecule has 0 fully saturated rings. The Hall–Kier alpha value is -4.41. The number of ether oxygens (including phenoxy) is 2. The summed E-state index contributed by atoms with van der Waals surface area (Å²) in [4.78, 5) is 31.1. The largest absolute Gasteiger partial charge is 0.493 e. The van der Waals surface area contributed by atoms with Crippen molar-refractivity contribution in [3.05, 3.63) is 76.1 Å². The van der Waals surface area contributed by atoms with Gasteiger partial charge in [-0.05, 0) is 29.7 Å². The van der Waals surface area contributed by atoms with Crippen molar-refractivity contribution in [3.63, 3.8) is 0 Å². The van der Waals surface area contributed by atoms with Crippen LogP contribution in [0.3, 0.4) is 0 Å². The molecule has 0 aliphatic carbocycles. The van der Waals surface area contributed by atoms with E-state index >= 15 is 0 Å². The van der Waals surface area contributed by atoms with Crippen molar-refractivity contribution in [1.82, 2.24) is 15.4 Å². The minimum atomic E-state index is -0.607. The quantitative estimate of drug-likeness (QED) is 0.296. The van der Waals surface area contributed by atoms with Gasteiger partial charge in [-0.2, -0.15) is 0 Å². The van der Waals surface area contributed by atoms with Crippen LogP contribution in [-0.2, 0) is 17.6 Å². The van der Waals surface area contributed by atoms with Gasteiger partial charge in [-0.1, -0.05) is 36.4 Å². The Labute approximate surface area is 190 Å². The van der Waals surface area contributed by atoms with Gasteiger partial charge in [0, 0.05) is 6.54 Å². The number of methoxy groups -OCH3 is 2.